The van der Waals surface area contributed by atoms with Crippen LogP contribution in [0.15, 0.2) is 24.3 Å². The van der Waals surface area contributed by atoms with Gasteiger partial charge in [-0.05, 0) is 68.8 Å². The number of halogens is 2. The van der Waals surface area contributed by atoms with E-state index in [1.807, 2.05) is 6.07 Å². The third-order valence-electron chi connectivity index (χ3n) is 5.26. The monoisotopic (exact) mass is 340 g/mol. The predicted octanol–water partition coefficient (Wildman–Crippen LogP) is 3.18. The average molecular weight is 341 g/mol. The van der Waals surface area contributed by atoms with Crippen molar-refractivity contribution in [3.63, 3.8) is 0 Å². The molecule has 0 aromatic heterocycles. The van der Waals surface area contributed by atoms with Crippen molar-refractivity contribution < 1.29 is 9.18 Å². The fourth-order valence-corrected chi connectivity index (χ4v) is 3.69. The maximum Gasteiger partial charge on any atom is 0.230 e. The van der Waals surface area contributed by atoms with Crippen molar-refractivity contribution >= 4 is 18.3 Å². The first kappa shape index (κ1) is 18.2. The van der Waals surface area contributed by atoms with E-state index >= 15 is 0 Å². The molecule has 1 unspecified atom stereocenters. The van der Waals surface area contributed by atoms with Gasteiger partial charge in [-0.15, -0.1) is 12.4 Å². The summed E-state index contributed by atoms with van der Waals surface area (Å²) >= 11 is 0. The molecule has 0 spiro atoms. The van der Waals surface area contributed by atoms with Crippen LogP contribution in [0.4, 0.5) is 4.39 Å². The molecule has 2 N–H and O–H groups in total. The number of carbonyl (C=O) groups excluding carboxylic acids is 1. The average Bonchev–Trinajstić information content (AvgIpc) is 2.47. The minimum Gasteiger partial charge on any atom is -0.355 e. The van der Waals surface area contributed by atoms with Gasteiger partial charge in [-0.25, -0.2) is 4.39 Å². The van der Waals surface area contributed by atoms with Crippen LogP contribution in [0.1, 0.15) is 44.1 Å². The molecule has 1 saturated carbocycles. The number of amides is 1. The van der Waals surface area contributed by atoms with Crippen LogP contribution in [0.2, 0.25) is 0 Å². The molecule has 2 fully saturated rings. The van der Waals surface area contributed by atoms with Gasteiger partial charge in [-0.2, -0.15) is 0 Å². The molecule has 1 aromatic rings. The minimum absolute atomic E-state index is 0. The van der Waals surface area contributed by atoms with Gasteiger partial charge in [0.05, 0.1) is 5.41 Å². The second-order valence-electron chi connectivity index (χ2n) is 6.70. The molecule has 3 nitrogen and oxygen atoms in total. The van der Waals surface area contributed by atoms with Gasteiger partial charge >= 0.3 is 0 Å². The number of rotatable bonds is 5. The van der Waals surface area contributed by atoms with E-state index < -0.39 is 5.41 Å². The highest BCUT2D eigenvalue weighted by Gasteiger charge is 2.45. The molecule has 1 saturated heterocycles. The molecule has 5 heteroatoms. The molecule has 1 heterocycles. The van der Waals surface area contributed by atoms with E-state index in [1.165, 1.54) is 25.0 Å². The molecule has 0 bridgehead atoms. The van der Waals surface area contributed by atoms with Gasteiger partial charge in [0.15, 0.2) is 0 Å². The molecule has 128 valence electrons. The highest BCUT2D eigenvalue weighted by molar-refractivity contribution is 5.89. The summed E-state index contributed by atoms with van der Waals surface area (Å²) in [7, 11) is 0. The molecule has 3 rings (SSSR count). The zero-order chi connectivity index (χ0) is 15.4. The van der Waals surface area contributed by atoms with Crippen molar-refractivity contribution in [3.8, 4) is 0 Å². The Bertz CT molecular complexity index is 528. The van der Waals surface area contributed by atoms with Gasteiger partial charge in [0.1, 0.15) is 5.82 Å². The third kappa shape index (κ3) is 4.04. The lowest BCUT2D eigenvalue weighted by molar-refractivity contribution is -0.130. The van der Waals surface area contributed by atoms with Crippen LogP contribution in [0, 0.1) is 11.7 Å². The van der Waals surface area contributed by atoms with E-state index in [9.17, 15) is 9.18 Å². The number of hydrogen-bond donors (Lipinski definition) is 2. The van der Waals surface area contributed by atoms with Crippen LogP contribution < -0.4 is 10.6 Å². The normalized spacial score (nSPS) is 22.6. The first-order chi connectivity index (χ1) is 10.7. The summed E-state index contributed by atoms with van der Waals surface area (Å²) in [5.74, 6) is 0.485. The van der Waals surface area contributed by atoms with Crippen molar-refractivity contribution in [2.45, 2.75) is 43.9 Å². The third-order valence-corrected chi connectivity index (χ3v) is 5.26. The topological polar surface area (TPSA) is 41.1 Å². The Hall–Kier alpha value is -1.13. The quantitative estimate of drug-likeness (QED) is 0.864. The van der Waals surface area contributed by atoms with Crippen molar-refractivity contribution in [2.24, 2.45) is 5.92 Å². The summed E-state index contributed by atoms with van der Waals surface area (Å²) in [6, 6.07) is 6.53. The van der Waals surface area contributed by atoms with Crippen molar-refractivity contribution in [1.82, 2.24) is 10.6 Å². The molecule has 1 amide bonds. The lowest BCUT2D eigenvalue weighted by atomic mass is 9.63. The second-order valence-corrected chi connectivity index (χ2v) is 6.70. The fourth-order valence-electron chi connectivity index (χ4n) is 3.69. The van der Waals surface area contributed by atoms with Crippen LogP contribution >= 0.6 is 12.4 Å². The molecule has 23 heavy (non-hydrogen) atoms. The summed E-state index contributed by atoms with van der Waals surface area (Å²) in [6.07, 6.45) is 6.19. The van der Waals surface area contributed by atoms with Crippen LogP contribution in [0.25, 0.3) is 0 Å². The first-order valence-electron chi connectivity index (χ1n) is 8.46. The van der Waals surface area contributed by atoms with Gasteiger partial charge in [0, 0.05) is 6.54 Å². The van der Waals surface area contributed by atoms with Crippen molar-refractivity contribution in [1.29, 1.82) is 0 Å². The van der Waals surface area contributed by atoms with E-state index in [0.29, 0.717) is 5.92 Å². The maximum atomic E-state index is 13.5. The largest absolute Gasteiger partial charge is 0.355 e. The zero-order valence-corrected chi connectivity index (χ0v) is 14.3. The summed E-state index contributed by atoms with van der Waals surface area (Å²) in [4.78, 5) is 12.7. The van der Waals surface area contributed by atoms with Crippen LogP contribution in [0.5, 0.6) is 0 Å². The molecule has 1 aromatic carbocycles. The van der Waals surface area contributed by atoms with Crippen molar-refractivity contribution in [3.05, 3.63) is 35.6 Å². The predicted molar refractivity (Wildman–Crippen MR) is 92.4 cm³/mol. The van der Waals surface area contributed by atoms with Gasteiger partial charge in [0.2, 0.25) is 5.91 Å². The van der Waals surface area contributed by atoms with E-state index in [-0.39, 0.29) is 24.1 Å². The fraction of sp³-hybridized carbons (Fsp3) is 0.611. The smallest absolute Gasteiger partial charge is 0.230 e. The lowest BCUT2D eigenvalue weighted by Crippen LogP contribution is -2.49. The van der Waals surface area contributed by atoms with Crippen molar-refractivity contribution in [2.75, 3.05) is 19.6 Å². The molecular weight excluding hydrogens is 315 g/mol. The van der Waals surface area contributed by atoms with Crippen LogP contribution in [-0.2, 0) is 10.2 Å². The summed E-state index contributed by atoms with van der Waals surface area (Å²) in [6.45, 7) is 2.90. The number of nitrogens with one attached hydrogen (secondary N) is 2. The number of carbonyl (C=O) groups is 1. The van der Waals surface area contributed by atoms with Gasteiger partial charge in [-0.3, -0.25) is 4.79 Å². The van der Waals surface area contributed by atoms with E-state index in [1.54, 1.807) is 6.07 Å². The number of piperidine rings is 1. The van der Waals surface area contributed by atoms with Crippen LogP contribution in [-0.4, -0.2) is 25.5 Å². The molecule has 2 aliphatic rings. The lowest BCUT2D eigenvalue weighted by Gasteiger charge is -2.41. The Labute approximate surface area is 143 Å². The van der Waals surface area contributed by atoms with E-state index in [2.05, 4.69) is 10.6 Å². The van der Waals surface area contributed by atoms with Gasteiger partial charge in [0.25, 0.3) is 0 Å². The Morgan fingerprint density at radius 3 is 2.78 bits per heavy atom. The standard InChI is InChI=1S/C18H25FN2O.ClH/c19-16-6-1-5-15(12-16)18(8-3-9-18)17(22)21-11-7-14-4-2-10-20-13-14;/h1,5-6,12,14,20H,2-4,7-11,13H2,(H,21,22);1H. The van der Waals surface area contributed by atoms with Gasteiger partial charge in [-0.1, -0.05) is 18.6 Å². The van der Waals surface area contributed by atoms with E-state index in [0.717, 1.165) is 50.9 Å². The summed E-state index contributed by atoms with van der Waals surface area (Å²) in [5, 5.41) is 6.50. The van der Waals surface area contributed by atoms with Gasteiger partial charge < -0.3 is 10.6 Å². The zero-order valence-electron chi connectivity index (χ0n) is 13.4. The summed E-state index contributed by atoms with van der Waals surface area (Å²) < 4.78 is 13.5. The number of hydrogen-bond acceptors (Lipinski definition) is 2. The Morgan fingerprint density at radius 2 is 2.17 bits per heavy atom. The molecular formula is C18H26ClFN2O. The van der Waals surface area contributed by atoms with Crippen LogP contribution in [0.3, 0.4) is 0 Å². The molecule has 1 aliphatic carbocycles. The maximum absolute atomic E-state index is 13.5. The SMILES string of the molecule is Cl.O=C(NCCC1CCCNC1)C1(c2cccc(F)c2)CCC1. The van der Waals surface area contributed by atoms with E-state index in [4.69, 9.17) is 0 Å². The molecule has 1 aliphatic heterocycles. The number of benzene rings is 1. The second kappa shape index (κ2) is 8.11. The highest BCUT2D eigenvalue weighted by atomic mass is 35.5. The minimum atomic E-state index is -0.493. The highest BCUT2D eigenvalue weighted by Crippen LogP contribution is 2.44. The first-order valence-corrected chi connectivity index (χ1v) is 8.46. The Kier molecular flexibility index (Phi) is 6.42. The Balaban J connectivity index is 0.00000192. The molecule has 1 atom stereocenters. The summed E-state index contributed by atoms with van der Waals surface area (Å²) in [5.41, 5.74) is 0.336. The Morgan fingerprint density at radius 1 is 1.35 bits per heavy atom. The molecule has 0 radical (unpaired) electrons.